The average molecular weight is 579 g/mol. The van der Waals surface area contributed by atoms with Crippen LogP contribution >= 0.6 is 0 Å². The van der Waals surface area contributed by atoms with E-state index < -0.39 is 0 Å². The summed E-state index contributed by atoms with van der Waals surface area (Å²) in [7, 11) is 0. The van der Waals surface area contributed by atoms with Gasteiger partial charge in [0.05, 0.1) is 0 Å². The second-order valence-corrected chi connectivity index (χ2v) is 11.7. The molecule has 0 aliphatic carbocycles. The summed E-state index contributed by atoms with van der Waals surface area (Å²) in [5.74, 6) is 14.7. The molecule has 0 N–H and O–H groups in total. The average Bonchev–Trinajstić information content (AvgIpc) is 3.12. The Balaban J connectivity index is 1.32. The van der Waals surface area contributed by atoms with Crippen molar-refractivity contribution in [1.82, 2.24) is 0 Å². The zero-order valence-electron chi connectivity index (χ0n) is 25.0. The van der Waals surface area contributed by atoms with Gasteiger partial charge in [0, 0.05) is 22.3 Å². The van der Waals surface area contributed by atoms with E-state index >= 15 is 0 Å². The molecule has 0 nitrogen and oxygen atoms in total. The molecule has 0 unspecified atom stereocenters. The molecule has 9 aromatic rings. The number of hydrogen-bond acceptors (Lipinski definition) is 0. The van der Waals surface area contributed by atoms with Gasteiger partial charge in [0.15, 0.2) is 0 Å². The van der Waals surface area contributed by atoms with Crippen LogP contribution in [0.15, 0.2) is 158 Å². The van der Waals surface area contributed by atoms with Crippen molar-refractivity contribution in [3.05, 3.63) is 180 Å². The van der Waals surface area contributed by atoms with E-state index in [9.17, 15) is 0 Å². The third-order valence-electron chi connectivity index (χ3n) is 9.10. The molecule has 0 aromatic heterocycles. The van der Waals surface area contributed by atoms with E-state index in [0.29, 0.717) is 0 Å². The fourth-order valence-electron chi connectivity index (χ4n) is 6.94. The Morgan fingerprint density at radius 1 is 0.217 bits per heavy atom. The highest BCUT2D eigenvalue weighted by Crippen LogP contribution is 2.34. The van der Waals surface area contributed by atoms with Crippen molar-refractivity contribution in [3.8, 4) is 23.7 Å². The maximum absolute atomic E-state index is 3.68. The molecule has 0 heterocycles. The Kier molecular flexibility index (Phi) is 6.06. The van der Waals surface area contributed by atoms with E-state index in [2.05, 4.69) is 181 Å². The molecule has 210 valence electrons. The largest absolute Gasteiger partial charge is 0.0616 e. The van der Waals surface area contributed by atoms with Crippen LogP contribution in [-0.2, 0) is 0 Å². The van der Waals surface area contributed by atoms with Gasteiger partial charge in [-0.15, -0.1) is 0 Å². The van der Waals surface area contributed by atoms with Gasteiger partial charge in [-0.2, -0.15) is 0 Å². The molecule has 0 aliphatic heterocycles. The van der Waals surface area contributed by atoms with Crippen LogP contribution in [0.25, 0.3) is 64.6 Å². The molecular weight excluding hydrogens is 553 g/mol. The van der Waals surface area contributed by atoms with Crippen molar-refractivity contribution in [1.29, 1.82) is 0 Å². The molecule has 0 heteroatoms. The van der Waals surface area contributed by atoms with Crippen LogP contribution in [0.3, 0.4) is 0 Å². The van der Waals surface area contributed by atoms with Crippen molar-refractivity contribution in [2.24, 2.45) is 0 Å². The predicted molar refractivity (Wildman–Crippen MR) is 196 cm³/mol. The van der Waals surface area contributed by atoms with Gasteiger partial charge in [-0.3, -0.25) is 0 Å². The Morgan fingerprint density at radius 3 is 0.674 bits per heavy atom. The summed E-state index contributed by atoms with van der Waals surface area (Å²) in [6.45, 7) is 0. The highest BCUT2D eigenvalue weighted by Gasteiger charge is 2.13. The van der Waals surface area contributed by atoms with E-state index in [0.717, 1.165) is 43.8 Å². The van der Waals surface area contributed by atoms with Gasteiger partial charge in [-0.1, -0.05) is 169 Å². The standard InChI is InChI=1S/C46H26/c1-5-17-35-31(13-1)29-32-14-2-6-18-36(32)43(35)25-27-45-39-21-9-11-23-41(39)46(42-24-12-10-22-40(42)45)28-26-44-37-19-7-3-15-33(37)30-34-16-4-8-20-38(34)44/h1-24,29-30H. The van der Waals surface area contributed by atoms with Crippen LogP contribution in [0.5, 0.6) is 0 Å². The van der Waals surface area contributed by atoms with E-state index in [-0.39, 0.29) is 0 Å². The third kappa shape index (κ3) is 4.21. The lowest BCUT2D eigenvalue weighted by molar-refractivity contribution is 1.70. The summed E-state index contributed by atoms with van der Waals surface area (Å²) in [5, 5.41) is 14.0. The molecule has 0 amide bonds. The van der Waals surface area contributed by atoms with Crippen molar-refractivity contribution in [2.75, 3.05) is 0 Å². The zero-order chi connectivity index (χ0) is 30.5. The first-order chi connectivity index (χ1) is 22.8. The lowest BCUT2D eigenvalue weighted by Crippen LogP contribution is -1.91. The molecular formula is C46H26. The van der Waals surface area contributed by atoms with E-state index in [1.807, 2.05) is 0 Å². The quantitative estimate of drug-likeness (QED) is 0.124. The fourth-order valence-corrected chi connectivity index (χ4v) is 6.94. The molecule has 0 atom stereocenters. The van der Waals surface area contributed by atoms with Gasteiger partial charge in [0.25, 0.3) is 0 Å². The van der Waals surface area contributed by atoms with Crippen LogP contribution in [0.2, 0.25) is 0 Å². The summed E-state index contributed by atoms with van der Waals surface area (Å²) in [4.78, 5) is 0. The highest BCUT2D eigenvalue weighted by molar-refractivity contribution is 6.11. The molecule has 0 aliphatic rings. The molecule has 0 radical (unpaired) electrons. The topological polar surface area (TPSA) is 0 Å². The molecule has 0 bridgehead atoms. The Morgan fingerprint density at radius 2 is 0.413 bits per heavy atom. The molecule has 0 saturated heterocycles. The molecule has 9 rings (SSSR count). The SMILES string of the molecule is C(#Cc1c2ccccc2c(C#Cc2c3ccccc3cc3ccccc23)c2ccccc12)c1c2ccccc2cc2ccccc12. The number of hydrogen-bond donors (Lipinski definition) is 0. The van der Waals surface area contributed by atoms with E-state index in [1.165, 1.54) is 43.1 Å². The van der Waals surface area contributed by atoms with Gasteiger partial charge in [0.1, 0.15) is 0 Å². The van der Waals surface area contributed by atoms with E-state index in [1.54, 1.807) is 0 Å². The molecule has 0 spiro atoms. The third-order valence-corrected chi connectivity index (χ3v) is 9.10. The number of fused-ring (bicyclic) bond motifs is 6. The highest BCUT2D eigenvalue weighted by atomic mass is 14.1. The van der Waals surface area contributed by atoms with Crippen molar-refractivity contribution in [3.63, 3.8) is 0 Å². The van der Waals surface area contributed by atoms with Gasteiger partial charge in [0.2, 0.25) is 0 Å². The first-order valence-corrected chi connectivity index (χ1v) is 15.6. The summed E-state index contributed by atoms with van der Waals surface area (Å²) in [5.41, 5.74) is 4.19. The monoisotopic (exact) mass is 578 g/mol. The second kappa shape index (κ2) is 10.7. The molecule has 0 saturated carbocycles. The van der Waals surface area contributed by atoms with Gasteiger partial charge < -0.3 is 0 Å². The minimum absolute atomic E-state index is 1.03. The van der Waals surface area contributed by atoms with Crippen molar-refractivity contribution in [2.45, 2.75) is 0 Å². The summed E-state index contributed by atoms with van der Waals surface area (Å²) < 4.78 is 0. The smallest absolute Gasteiger partial charge is 0.0406 e. The fraction of sp³-hybridized carbons (Fsp3) is 0. The molecule has 0 fully saturated rings. The molecule has 46 heavy (non-hydrogen) atoms. The minimum atomic E-state index is 1.03. The van der Waals surface area contributed by atoms with Gasteiger partial charge in [-0.25, -0.2) is 0 Å². The number of rotatable bonds is 0. The van der Waals surface area contributed by atoms with Crippen LogP contribution < -0.4 is 0 Å². The zero-order valence-corrected chi connectivity index (χ0v) is 25.0. The van der Waals surface area contributed by atoms with Crippen LogP contribution in [0, 0.1) is 23.7 Å². The second-order valence-electron chi connectivity index (χ2n) is 11.7. The lowest BCUT2D eigenvalue weighted by atomic mass is 9.91. The first kappa shape index (κ1) is 26.1. The lowest BCUT2D eigenvalue weighted by Gasteiger charge is -2.11. The van der Waals surface area contributed by atoms with Gasteiger partial charge in [-0.05, 0) is 76.8 Å². The van der Waals surface area contributed by atoms with Crippen molar-refractivity contribution < 1.29 is 0 Å². The minimum Gasteiger partial charge on any atom is -0.0616 e. The normalized spacial score (nSPS) is 11.1. The first-order valence-electron chi connectivity index (χ1n) is 15.6. The van der Waals surface area contributed by atoms with Crippen molar-refractivity contribution >= 4 is 64.6 Å². The predicted octanol–water partition coefficient (Wildman–Crippen LogP) is 11.4. The maximum atomic E-state index is 3.68. The Hall–Kier alpha value is -6.34. The Labute approximate surface area is 267 Å². The molecule has 9 aromatic carbocycles. The van der Waals surface area contributed by atoms with Gasteiger partial charge >= 0.3 is 0 Å². The Bertz CT molecular complexity index is 2450. The van der Waals surface area contributed by atoms with Crippen LogP contribution in [-0.4, -0.2) is 0 Å². The number of benzene rings is 9. The van der Waals surface area contributed by atoms with E-state index in [4.69, 9.17) is 0 Å². The summed E-state index contributed by atoms with van der Waals surface area (Å²) in [6.07, 6.45) is 0. The van der Waals surface area contributed by atoms with Crippen LogP contribution in [0.4, 0.5) is 0 Å². The van der Waals surface area contributed by atoms with Crippen LogP contribution in [0.1, 0.15) is 22.3 Å². The summed E-state index contributed by atoms with van der Waals surface area (Å²) >= 11 is 0. The summed E-state index contributed by atoms with van der Waals surface area (Å²) in [6, 6.07) is 55.8. The maximum Gasteiger partial charge on any atom is 0.0406 e.